The summed E-state index contributed by atoms with van der Waals surface area (Å²) in [5.41, 5.74) is 0.664. The Morgan fingerprint density at radius 3 is 2.32 bits per heavy atom. The van der Waals surface area contributed by atoms with Gasteiger partial charge in [-0.25, -0.2) is 0 Å². The molecule has 19 heavy (non-hydrogen) atoms. The second kappa shape index (κ2) is 8.07. The van der Waals surface area contributed by atoms with Gasteiger partial charge in [-0.05, 0) is 25.6 Å². The van der Waals surface area contributed by atoms with E-state index < -0.39 is 0 Å². The van der Waals surface area contributed by atoms with Crippen molar-refractivity contribution in [2.24, 2.45) is 0 Å². The van der Waals surface area contributed by atoms with E-state index in [1.165, 1.54) is 0 Å². The number of Topliss-reactive ketones (excluding diaryl/α,β-unsaturated/α-hetero) is 1. The van der Waals surface area contributed by atoms with Crippen LogP contribution in [0.5, 0.6) is 0 Å². The van der Waals surface area contributed by atoms with Crippen LogP contribution in [0.15, 0.2) is 28.7 Å². The summed E-state index contributed by atoms with van der Waals surface area (Å²) in [6.45, 7) is 5.60. The van der Waals surface area contributed by atoms with Crippen molar-refractivity contribution in [1.29, 1.82) is 0 Å². The summed E-state index contributed by atoms with van der Waals surface area (Å²) in [7, 11) is 0. The molecule has 0 saturated heterocycles. The lowest BCUT2D eigenvalue weighted by Crippen LogP contribution is -2.39. The maximum absolute atomic E-state index is 12.1. The number of halogens is 1. The highest BCUT2D eigenvalue weighted by atomic mass is 79.9. The van der Waals surface area contributed by atoms with Crippen LogP contribution in [-0.2, 0) is 4.79 Å². The second-order valence-corrected chi connectivity index (χ2v) is 5.10. The van der Waals surface area contributed by atoms with Crippen molar-refractivity contribution in [3.8, 4) is 0 Å². The Bertz CT molecular complexity index is 432. The van der Waals surface area contributed by atoms with E-state index in [0.717, 1.165) is 4.47 Å². The molecule has 0 aliphatic heterocycles. The van der Waals surface area contributed by atoms with Gasteiger partial charge in [0, 0.05) is 16.6 Å². The van der Waals surface area contributed by atoms with Crippen LogP contribution in [0.3, 0.4) is 0 Å². The number of amides is 1. The third kappa shape index (κ3) is 5.53. The summed E-state index contributed by atoms with van der Waals surface area (Å²) in [4.78, 5) is 25.4. The number of nitrogens with zero attached hydrogens (tertiary/aromatic N) is 1. The van der Waals surface area contributed by atoms with E-state index >= 15 is 0 Å². The molecule has 0 fully saturated rings. The Morgan fingerprint density at radius 1 is 1.16 bits per heavy atom. The normalized spacial score (nSPS) is 10.5. The van der Waals surface area contributed by atoms with Gasteiger partial charge >= 0.3 is 0 Å². The average molecular weight is 327 g/mol. The van der Waals surface area contributed by atoms with Crippen LogP contribution in [0, 0.1) is 0 Å². The van der Waals surface area contributed by atoms with Gasteiger partial charge in [-0.1, -0.05) is 35.0 Å². The highest BCUT2D eigenvalue weighted by molar-refractivity contribution is 9.10. The molecule has 0 saturated carbocycles. The van der Waals surface area contributed by atoms with Crippen molar-refractivity contribution < 1.29 is 9.59 Å². The fourth-order valence-electron chi connectivity index (χ4n) is 1.67. The molecule has 4 nitrogen and oxygen atoms in total. The second-order valence-electron chi connectivity index (χ2n) is 4.19. The predicted molar refractivity (Wildman–Crippen MR) is 79.3 cm³/mol. The smallest absolute Gasteiger partial charge is 0.234 e. The number of hydrogen-bond acceptors (Lipinski definition) is 3. The zero-order chi connectivity index (χ0) is 14.3. The Morgan fingerprint density at radius 2 is 1.79 bits per heavy atom. The standard InChI is InChI=1S/C14H19BrN2O2/c1-3-16-14(19)10-17(4-2)9-13(18)11-5-7-12(15)8-6-11/h5-8H,3-4,9-10H2,1-2H3,(H,16,19). The van der Waals surface area contributed by atoms with E-state index in [2.05, 4.69) is 21.2 Å². The molecule has 5 heteroatoms. The van der Waals surface area contributed by atoms with E-state index in [1.54, 1.807) is 12.1 Å². The van der Waals surface area contributed by atoms with Gasteiger partial charge in [0.15, 0.2) is 5.78 Å². The van der Waals surface area contributed by atoms with Crippen molar-refractivity contribution in [3.05, 3.63) is 34.3 Å². The molecule has 104 valence electrons. The topological polar surface area (TPSA) is 49.4 Å². The van der Waals surface area contributed by atoms with Gasteiger partial charge in [-0.15, -0.1) is 0 Å². The Hall–Kier alpha value is -1.20. The summed E-state index contributed by atoms with van der Waals surface area (Å²) in [6, 6.07) is 7.25. The molecule has 1 aromatic carbocycles. The lowest BCUT2D eigenvalue weighted by atomic mass is 10.1. The fraction of sp³-hybridized carbons (Fsp3) is 0.429. The third-order valence-corrected chi connectivity index (χ3v) is 3.25. The molecular weight excluding hydrogens is 308 g/mol. The van der Waals surface area contributed by atoms with Gasteiger partial charge in [-0.2, -0.15) is 0 Å². The minimum absolute atomic E-state index is 0.0265. The van der Waals surface area contributed by atoms with Crippen LogP contribution in [0.25, 0.3) is 0 Å². The third-order valence-electron chi connectivity index (χ3n) is 2.72. The summed E-state index contributed by atoms with van der Waals surface area (Å²) in [5, 5.41) is 2.73. The minimum Gasteiger partial charge on any atom is -0.355 e. The molecule has 1 rings (SSSR count). The molecule has 0 unspecified atom stereocenters. The van der Waals surface area contributed by atoms with Gasteiger partial charge in [0.2, 0.25) is 5.91 Å². The fourth-order valence-corrected chi connectivity index (χ4v) is 1.93. The number of benzene rings is 1. The summed E-state index contributed by atoms with van der Waals surface area (Å²) in [5.74, 6) is -0.0217. The number of carbonyl (C=O) groups excluding carboxylic acids is 2. The number of carbonyl (C=O) groups is 2. The first-order chi connectivity index (χ1) is 9.06. The van der Waals surface area contributed by atoms with Gasteiger partial charge < -0.3 is 5.32 Å². The average Bonchev–Trinajstić information content (AvgIpc) is 2.38. The zero-order valence-corrected chi connectivity index (χ0v) is 12.9. The van der Waals surface area contributed by atoms with Crippen LogP contribution >= 0.6 is 15.9 Å². The van der Waals surface area contributed by atoms with Gasteiger partial charge in [0.25, 0.3) is 0 Å². The van der Waals surface area contributed by atoms with Crippen LogP contribution in [0.4, 0.5) is 0 Å². The largest absolute Gasteiger partial charge is 0.355 e. The van der Waals surface area contributed by atoms with Crippen LogP contribution in [0.1, 0.15) is 24.2 Å². The Labute approximate surface area is 122 Å². The molecule has 0 aliphatic rings. The highest BCUT2D eigenvalue weighted by Crippen LogP contribution is 2.11. The maximum Gasteiger partial charge on any atom is 0.234 e. The van der Waals surface area contributed by atoms with Crippen molar-refractivity contribution in [1.82, 2.24) is 10.2 Å². The predicted octanol–water partition coefficient (Wildman–Crippen LogP) is 2.09. The summed E-state index contributed by atoms with van der Waals surface area (Å²) < 4.78 is 0.943. The summed E-state index contributed by atoms with van der Waals surface area (Å²) in [6.07, 6.45) is 0. The van der Waals surface area contributed by atoms with E-state index in [0.29, 0.717) is 18.7 Å². The minimum atomic E-state index is -0.0482. The highest BCUT2D eigenvalue weighted by Gasteiger charge is 2.13. The first-order valence-electron chi connectivity index (χ1n) is 6.34. The number of rotatable bonds is 7. The lowest BCUT2D eigenvalue weighted by Gasteiger charge is -2.18. The maximum atomic E-state index is 12.1. The van der Waals surface area contributed by atoms with Crippen molar-refractivity contribution in [2.45, 2.75) is 13.8 Å². The molecule has 1 aromatic rings. The number of likely N-dealkylation sites (N-methyl/N-ethyl adjacent to an activating group) is 2. The van der Waals surface area contributed by atoms with E-state index in [-0.39, 0.29) is 24.8 Å². The Balaban J connectivity index is 2.57. The van der Waals surface area contributed by atoms with E-state index in [9.17, 15) is 9.59 Å². The quantitative estimate of drug-likeness (QED) is 0.780. The molecule has 0 atom stereocenters. The molecule has 1 amide bonds. The monoisotopic (exact) mass is 326 g/mol. The van der Waals surface area contributed by atoms with E-state index in [4.69, 9.17) is 0 Å². The van der Waals surface area contributed by atoms with Gasteiger partial charge in [0.05, 0.1) is 13.1 Å². The number of ketones is 1. The molecule has 0 spiro atoms. The number of nitrogens with one attached hydrogen (secondary N) is 1. The molecule has 0 bridgehead atoms. The van der Waals surface area contributed by atoms with Gasteiger partial charge in [0.1, 0.15) is 0 Å². The van der Waals surface area contributed by atoms with Crippen molar-refractivity contribution >= 4 is 27.6 Å². The summed E-state index contributed by atoms with van der Waals surface area (Å²) >= 11 is 3.33. The molecule has 1 N–H and O–H groups in total. The van der Waals surface area contributed by atoms with Crippen LogP contribution in [0.2, 0.25) is 0 Å². The first-order valence-corrected chi connectivity index (χ1v) is 7.14. The zero-order valence-electron chi connectivity index (χ0n) is 11.3. The van der Waals surface area contributed by atoms with E-state index in [1.807, 2.05) is 30.9 Å². The Kier molecular flexibility index (Phi) is 6.73. The molecule has 0 aromatic heterocycles. The van der Waals surface area contributed by atoms with Crippen molar-refractivity contribution in [2.75, 3.05) is 26.2 Å². The molecule has 0 aliphatic carbocycles. The molecular formula is C14H19BrN2O2. The SMILES string of the molecule is CCNC(=O)CN(CC)CC(=O)c1ccc(Br)cc1. The van der Waals surface area contributed by atoms with Crippen LogP contribution < -0.4 is 5.32 Å². The van der Waals surface area contributed by atoms with Crippen LogP contribution in [-0.4, -0.2) is 42.8 Å². The molecule has 0 heterocycles. The number of hydrogen-bond donors (Lipinski definition) is 1. The molecule has 0 radical (unpaired) electrons. The van der Waals surface area contributed by atoms with Crippen molar-refractivity contribution in [3.63, 3.8) is 0 Å². The van der Waals surface area contributed by atoms with Gasteiger partial charge in [-0.3, -0.25) is 14.5 Å². The first kappa shape index (κ1) is 15.9. The lowest BCUT2D eigenvalue weighted by molar-refractivity contribution is -0.121.